The fraction of sp³-hybridized carbons (Fsp3) is 0.341. The molecule has 0 bridgehead atoms. The molecule has 2 aromatic heterocycles. The summed E-state index contributed by atoms with van der Waals surface area (Å²) in [6, 6.07) is 18.9. The van der Waals surface area contributed by atoms with E-state index in [4.69, 9.17) is 21.4 Å². The molecule has 0 radical (unpaired) electrons. The summed E-state index contributed by atoms with van der Waals surface area (Å²) in [5.41, 5.74) is 2.75. The SMILES string of the molecule is Cc1c(-c2cc(N3C(=O)C4CC5C(=CCC6C(=O)N(c7ccc(N8CCOCC8)cc7)C(=O)C65)C(c5ccc(O)c(F)c5)C4(C)C3=O)n(C)n2)sc2ccc(Cl)cc12. The van der Waals surface area contributed by atoms with Crippen molar-refractivity contribution in [2.45, 2.75) is 32.6 Å². The Morgan fingerprint density at radius 1 is 0.914 bits per heavy atom. The van der Waals surface area contributed by atoms with E-state index in [1.54, 1.807) is 49.6 Å². The average molecular weight is 820 g/mol. The zero-order chi connectivity index (χ0) is 40.4. The van der Waals surface area contributed by atoms with Crippen LogP contribution < -0.4 is 14.7 Å². The molecule has 10 rings (SSSR count). The van der Waals surface area contributed by atoms with Gasteiger partial charge in [0.25, 0.3) is 0 Å². The minimum Gasteiger partial charge on any atom is -0.505 e. The molecule has 5 aromatic rings. The van der Waals surface area contributed by atoms with Crippen molar-refractivity contribution in [1.82, 2.24) is 9.78 Å². The first kappa shape index (κ1) is 36.9. The minimum absolute atomic E-state index is 0.144. The molecule has 1 N–H and O–H groups in total. The summed E-state index contributed by atoms with van der Waals surface area (Å²) in [6.45, 7) is 6.48. The van der Waals surface area contributed by atoms with Crippen molar-refractivity contribution in [2.24, 2.45) is 36.1 Å². The van der Waals surface area contributed by atoms with Gasteiger partial charge in [-0.25, -0.2) is 9.29 Å². The number of morpholine rings is 1. The first-order valence-corrected chi connectivity index (χ1v) is 20.7. The molecule has 1 saturated carbocycles. The number of halogens is 2. The van der Waals surface area contributed by atoms with Gasteiger partial charge < -0.3 is 14.7 Å². The Morgan fingerprint density at radius 2 is 1.66 bits per heavy atom. The molecule has 11 nitrogen and oxygen atoms in total. The van der Waals surface area contributed by atoms with Gasteiger partial charge in [-0.05, 0) is 104 Å². The summed E-state index contributed by atoms with van der Waals surface area (Å²) in [4.78, 5) is 64.3. The topological polar surface area (TPSA) is 125 Å². The van der Waals surface area contributed by atoms with Gasteiger partial charge in [0.15, 0.2) is 11.6 Å². The van der Waals surface area contributed by atoms with Gasteiger partial charge in [-0.2, -0.15) is 5.10 Å². The maximum atomic E-state index is 15.2. The van der Waals surface area contributed by atoms with Gasteiger partial charge in [-0.15, -0.1) is 11.3 Å². The van der Waals surface area contributed by atoms with E-state index in [1.807, 2.05) is 43.3 Å². The van der Waals surface area contributed by atoms with Crippen LogP contribution in [0.1, 0.15) is 36.8 Å². The zero-order valence-corrected chi connectivity index (χ0v) is 33.5. The van der Waals surface area contributed by atoms with Gasteiger partial charge in [0, 0.05) is 47.5 Å². The molecular formula is C44H39ClFN5O6S. The van der Waals surface area contributed by atoms with E-state index >= 15 is 9.18 Å². The van der Waals surface area contributed by atoms with Gasteiger partial charge in [-0.1, -0.05) is 29.3 Å². The lowest BCUT2D eigenvalue weighted by Gasteiger charge is -2.49. The molecule has 3 aromatic carbocycles. The number of phenols is 1. The van der Waals surface area contributed by atoms with Crippen LogP contribution in [0.2, 0.25) is 5.02 Å². The normalized spacial score (nSPS) is 27.0. The smallest absolute Gasteiger partial charge is 0.242 e. The average Bonchev–Trinajstić information content (AvgIpc) is 3.89. The highest BCUT2D eigenvalue weighted by molar-refractivity contribution is 7.22. The summed E-state index contributed by atoms with van der Waals surface area (Å²) in [6.07, 6.45) is 2.32. The summed E-state index contributed by atoms with van der Waals surface area (Å²) in [5, 5.41) is 16.6. The van der Waals surface area contributed by atoms with Crippen LogP contribution in [-0.2, 0) is 31.0 Å². The number of thiophene rings is 1. The molecule has 14 heteroatoms. The molecule has 5 aliphatic rings. The molecule has 3 saturated heterocycles. The Morgan fingerprint density at radius 3 is 2.40 bits per heavy atom. The quantitative estimate of drug-likeness (QED) is 0.144. The van der Waals surface area contributed by atoms with Crippen molar-refractivity contribution in [3.8, 4) is 16.3 Å². The van der Waals surface area contributed by atoms with Crippen LogP contribution in [0.15, 0.2) is 78.4 Å². The van der Waals surface area contributed by atoms with Gasteiger partial charge in [0.05, 0.1) is 46.9 Å². The number of phenolic OH excluding ortho intramolecular Hbond substituents is 1. The lowest BCUT2D eigenvalue weighted by atomic mass is 9.51. The number of carbonyl (C=O) groups excluding carboxylic acids is 4. The van der Waals surface area contributed by atoms with Crippen LogP contribution in [-0.4, -0.2) is 64.8 Å². The van der Waals surface area contributed by atoms with Crippen molar-refractivity contribution in [3.63, 3.8) is 0 Å². The molecule has 5 heterocycles. The Balaban J connectivity index is 1.03. The van der Waals surface area contributed by atoms with E-state index in [-0.39, 0.29) is 24.7 Å². The standard InChI is InChI=1S/C44H39ClFN5O6S/c1-22-29-19-24(45)5-13-35(29)58-39(22)33-21-36(48(3)47-33)51-41(54)31-20-30-27(38(44(31,2)43(51)56)23-4-12-34(52)32(46)18-23)10-11-28-37(30)42(55)50(40(28)53)26-8-6-25(7-9-26)49-14-16-57-17-15-49/h4-10,12-13,18-19,21,28,30-31,37-38,52H,11,14-17,20H2,1-3H3. The fourth-order valence-corrected chi connectivity index (χ4v) is 11.7. The zero-order valence-electron chi connectivity index (χ0n) is 31.9. The molecule has 6 unspecified atom stereocenters. The number of aromatic hydroxyl groups is 1. The van der Waals surface area contributed by atoms with Crippen molar-refractivity contribution < 1.29 is 33.4 Å². The Bertz CT molecular complexity index is 2630. The number of aryl methyl sites for hydroxylation is 2. The summed E-state index contributed by atoms with van der Waals surface area (Å²) >= 11 is 7.86. The molecule has 3 aliphatic heterocycles. The number of imide groups is 2. The maximum Gasteiger partial charge on any atom is 0.242 e. The number of aromatic nitrogens is 2. The third-order valence-electron chi connectivity index (χ3n) is 13.3. The largest absolute Gasteiger partial charge is 0.505 e. The number of amides is 4. The number of benzene rings is 3. The van der Waals surface area contributed by atoms with E-state index < -0.39 is 58.4 Å². The maximum absolute atomic E-state index is 15.2. The van der Waals surface area contributed by atoms with Gasteiger partial charge >= 0.3 is 0 Å². The van der Waals surface area contributed by atoms with E-state index in [9.17, 15) is 19.5 Å². The number of allylic oxidation sites excluding steroid dienone is 2. The first-order chi connectivity index (χ1) is 27.9. The molecule has 6 atom stereocenters. The lowest BCUT2D eigenvalue weighted by Crippen LogP contribution is -2.49. The number of carbonyl (C=O) groups is 4. The number of ether oxygens (including phenoxy) is 1. The van der Waals surface area contributed by atoms with Crippen LogP contribution in [0.3, 0.4) is 0 Å². The van der Waals surface area contributed by atoms with E-state index in [0.29, 0.717) is 41.0 Å². The molecule has 0 spiro atoms. The Kier molecular flexibility index (Phi) is 8.49. The van der Waals surface area contributed by atoms with Crippen molar-refractivity contribution >= 4 is 73.8 Å². The van der Waals surface area contributed by atoms with Gasteiger partial charge in [0.1, 0.15) is 11.5 Å². The second-order valence-electron chi connectivity index (χ2n) is 16.2. The second kappa shape index (κ2) is 13.3. The highest BCUT2D eigenvalue weighted by Crippen LogP contribution is 2.64. The van der Waals surface area contributed by atoms with Crippen molar-refractivity contribution in [3.05, 3.63) is 100 Å². The summed E-state index contributed by atoms with van der Waals surface area (Å²) in [7, 11) is 1.69. The molecular weight excluding hydrogens is 781 g/mol. The minimum atomic E-state index is -1.40. The van der Waals surface area contributed by atoms with Crippen molar-refractivity contribution in [2.75, 3.05) is 41.0 Å². The number of hydrogen-bond donors (Lipinski definition) is 1. The second-order valence-corrected chi connectivity index (χ2v) is 17.7. The molecule has 2 aliphatic carbocycles. The number of fused-ring (bicyclic) bond motifs is 5. The lowest BCUT2D eigenvalue weighted by molar-refractivity contribution is -0.131. The van der Waals surface area contributed by atoms with E-state index in [2.05, 4.69) is 4.90 Å². The number of hydrogen-bond acceptors (Lipinski definition) is 9. The van der Waals surface area contributed by atoms with E-state index in [1.165, 1.54) is 26.6 Å². The summed E-state index contributed by atoms with van der Waals surface area (Å²) in [5.74, 6) is -6.46. The van der Waals surface area contributed by atoms with Crippen LogP contribution in [0.25, 0.3) is 20.7 Å². The Hall–Kier alpha value is -5.37. The third-order valence-corrected chi connectivity index (χ3v) is 14.8. The van der Waals surface area contributed by atoms with E-state index in [0.717, 1.165) is 44.9 Å². The van der Waals surface area contributed by atoms with Crippen LogP contribution in [0.5, 0.6) is 5.75 Å². The monoisotopic (exact) mass is 819 g/mol. The van der Waals surface area contributed by atoms with Gasteiger partial charge in [-0.3, -0.25) is 28.8 Å². The molecule has 58 heavy (non-hydrogen) atoms. The third kappa shape index (κ3) is 5.28. The molecule has 4 amide bonds. The number of nitrogens with zero attached hydrogens (tertiary/aromatic N) is 5. The summed E-state index contributed by atoms with van der Waals surface area (Å²) < 4.78 is 23.3. The number of rotatable bonds is 5. The first-order valence-electron chi connectivity index (χ1n) is 19.5. The van der Waals surface area contributed by atoms with Crippen molar-refractivity contribution in [1.29, 1.82) is 0 Å². The van der Waals surface area contributed by atoms with Crippen LogP contribution in [0.4, 0.5) is 21.6 Å². The van der Waals surface area contributed by atoms with Gasteiger partial charge in [0.2, 0.25) is 23.6 Å². The predicted octanol–water partition coefficient (Wildman–Crippen LogP) is 7.38. The number of anilines is 3. The Labute approximate surface area is 342 Å². The molecule has 4 fully saturated rings. The molecule has 296 valence electrons. The fourth-order valence-electron chi connectivity index (χ4n) is 10.4. The predicted molar refractivity (Wildman–Crippen MR) is 218 cm³/mol. The van der Waals surface area contributed by atoms with Crippen LogP contribution >= 0.6 is 22.9 Å². The highest BCUT2D eigenvalue weighted by Gasteiger charge is 2.68. The highest BCUT2D eigenvalue weighted by atomic mass is 35.5. The van der Waals surface area contributed by atoms with Crippen LogP contribution in [0, 0.1) is 41.8 Å².